The van der Waals surface area contributed by atoms with Gasteiger partial charge in [0.05, 0.1) is 5.57 Å². The third-order valence-corrected chi connectivity index (χ3v) is 3.61. The minimum absolute atomic E-state index is 0.120. The van der Waals surface area contributed by atoms with Crippen molar-refractivity contribution in [3.8, 4) is 5.75 Å². The Morgan fingerprint density at radius 2 is 1.88 bits per heavy atom. The van der Waals surface area contributed by atoms with E-state index in [9.17, 15) is 9.59 Å². The number of rotatable bonds is 4. The van der Waals surface area contributed by atoms with Gasteiger partial charge in [0.25, 0.3) is 5.91 Å². The summed E-state index contributed by atoms with van der Waals surface area (Å²) >= 11 is 5.77. The first kappa shape index (κ1) is 16.1. The summed E-state index contributed by atoms with van der Waals surface area (Å²) in [4.78, 5) is 23.9. The fourth-order valence-electron chi connectivity index (χ4n) is 2.19. The van der Waals surface area contributed by atoms with Crippen molar-refractivity contribution in [3.05, 3.63) is 64.7 Å². The van der Waals surface area contributed by atoms with Gasteiger partial charge in [-0.2, -0.15) is 0 Å². The van der Waals surface area contributed by atoms with Gasteiger partial charge in [0.1, 0.15) is 12.4 Å². The van der Waals surface area contributed by atoms with Gasteiger partial charge in [0.2, 0.25) is 0 Å². The predicted octanol–water partition coefficient (Wildman–Crippen LogP) is 3.30. The third-order valence-electron chi connectivity index (χ3n) is 3.36. The lowest BCUT2D eigenvalue weighted by Gasteiger charge is -2.16. The van der Waals surface area contributed by atoms with Gasteiger partial charge >= 0.3 is 5.97 Å². The van der Waals surface area contributed by atoms with Gasteiger partial charge in [0, 0.05) is 16.3 Å². The number of anilines is 1. The summed E-state index contributed by atoms with van der Waals surface area (Å²) in [5.41, 5.74) is 1.75. The number of esters is 1. The number of halogens is 1. The Morgan fingerprint density at radius 3 is 2.67 bits per heavy atom. The van der Waals surface area contributed by atoms with Gasteiger partial charge < -0.3 is 14.8 Å². The van der Waals surface area contributed by atoms with Crippen LogP contribution in [0.5, 0.6) is 5.75 Å². The number of ether oxygens (including phenoxy) is 2. The van der Waals surface area contributed by atoms with E-state index in [-0.39, 0.29) is 13.2 Å². The maximum atomic E-state index is 12.0. The van der Waals surface area contributed by atoms with Gasteiger partial charge in [-0.1, -0.05) is 29.8 Å². The SMILES string of the molecule is O=C(COC(=O)C1=Cc2ccccc2OC1)Nc1ccc(Cl)cc1. The highest BCUT2D eigenvalue weighted by Gasteiger charge is 2.19. The van der Waals surface area contributed by atoms with Crippen molar-refractivity contribution in [1.29, 1.82) is 0 Å². The molecule has 0 saturated carbocycles. The van der Waals surface area contributed by atoms with Gasteiger partial charge in [-0.15, -0.1) is 0 Å². The van der Waals surface area contributed by atoms with Crippen LogP contribution in [0, 0.1) is 0 Å². The number of fused-ring (bicyclic) bond motifs is 1. The van der Waals surface area contributed by atoms with Crippen LogP contribution in [0.1, 0.15) is 5.56 Å². The molecule has 0 saturated heterocycles. The summed E-state index contributed by atoms with van der Waals surface area (Å²) in [6.07, 6.45) is 1.71. The van der Waals surface area contributed by atoms with E-state index in [2.05, 4.69) is 5.32 Å². The van der Waals surface area contributed by atoms with Crippen LogP contribution in [0.25, 0.3) is 6.08 Å². The first-order valence-corrected chi connectivity index (χ1v) is 7.64. The lowest BCUT2D eigenvalue weighted by molar-refractivity contribution is -0.143. The van der Waals surface area contributed by atoms with Crippen LogP contribution in [-0.2, 0) is 14.3 Å². The molecule has 0 aliphatic carbocycles. The fourth-order valence-corrected chi connectivity index (χ4v) is 2.31. The maximum Gasteiger partial charge on any atom is 0.338 e. The summed E-state index contributed by atoms with van der Waals surface area (Å²) in [5.74, 6) is -0.284. The monoisotopic (exact) mass is 343 g/mol. The average Bonchev–Trinajstić information content (AvgIpc) is 2.61. The molecule has 1 aliphatic heterocycles. The summed E-state index contributed by atoms with van der Waals surface area (Å²) in [7, 11) is 0. The molecule has 2 aromatic rings. The average molecular weight is 344 g/mol. The van der Waals surface area contributed by atoms with E-state index in [0.29, 0.717) is 16.3 Å². The molecular weight excluding hydrogens is 330 g/mol. The number of carbonyl (C=O) groups excluding carboxylic acids is 2. The first-order chi connectivity index (χ1) is 11.6. The number of amides is 1. The van der Waals surface area contributed by atoms with E-state index in [0.717, 1.165) is 11.3 Å². The lowest BCUT2D eigenvalue weighted by Crippen LogP contribution is -2.23. The van der Waals surface area contributed by atoms with Gasteiger partial charge in [-0.3, -0.25) is 4.79 Å². The van der Waals surface area contributed by atoms with Crippen LogP contribution in [0.2, 0.25) is 5.02 Å². The highest BCUT2D eigenvalue weighted by atomic mass is 35.5. The molecule has 24 heavy (non-hydrogen) atoms. The summed E-state index contributed by atoms with van der Waals surface area (Å²) in [5, 5.41) is 3.19. The van der Waals surface area contributed by atoms with Crippen LogP contribution >= 0.6 is 11.6 Å². The summed E-state index contributed by atoms with van der Waals surface area (Å²) in [6, 6.07) is 14.0. The molecule has 6 heteroatoms. The fraction of sp³-hybridized carbons (Fsp3) is 0.111. The minimum Gasteiger partial charge on any atom is -0.488 e. The van der Waals surface area contributed by atoms with Crippen LogP contribution in [0.3, 0.4) is 0 Å². The Bertz CT molecular complexity index is 799. The van der Waals surface area contributed by atoms with Gasteiger partial charge in [-0.25, -0.2) is 4.79 Å². The molecule has 0 atom stereocenters. The molecule has 1 aliphatic rings. The van der Waals surface area contributed by atoms with Crippen LogP contribution < -0.4 is 10.1 Å². The van der Waals surface area contributed by atoms with E-state index in [4.69, 9.17) is 21.1 Å². The smallest absolute Gasteiger partial charge is 0.338 e. The molecule has 0 aromatic heterocycles. The summed E-state index contributed by atoms with van der Waals surface area (Å²) in [6.45, 7) is -0.255. The van der Waals surface area contributed by atoms with Gasteiger partial charge in [0.15, 0.2) is 6.61 Å². The largest absolute Gasteiger partial charge is 0.488 e. The number of carbonyl (C=O) groups is 2. The highest BCUT2D eigenvalue weighted by Crippen LogP contribution is 2.26. The predicted molar refractivity (Wildman–Crippen MR) is 91.0 cm³/mol. The standard InChI is InChI=1S/C18H14ClNO4/c19-14-5-7-15(8-6-14)20-17(21)11-24-18(22)13-9-12-3-1-2-4-16(12)23-10-13/h1-9H,10-11H2,(H,20,21). The molecule has 0 unspecified atom stereocenters. The molecule has 0 spiro atoms. The van der Waals surface area contributed by atoms with E-state index < -0.39 is 11.9 Å². The Morgan fingerprint density at radius 1 is 1.12 bits per heavy atom. The van der Waals surface area contributed by atoms with E-state index in [1.54, 1.807) is 30.3 Å². The molecule has 0 bridgehead atoms. The maximum absolute atomic E-state index is 12.0. The van der Waals surface area contributed by atoms with E-state index in [1.807, 2.05) is 24.3 Å². The Hall–Kier alpha value is -2.79. The second kappa shape index (κ2) is 7.19. The van der Waals surface area contributed by atoms with Crippen molar-refractivity contribution in [2.24, 2.45) is 0 Å². The Labute approximate surface area is 143 Å². The number of hydrogen-bond donors (Lipinski definition) is 1. The Balaban J connectivity index is 1.55. The Kier molecular flexibility index (Phi) is 4.82. The quantitative estimate of drug-likeness (QED) is 0.865. The molecule has 1 heterocycles. The number of hydrogen-bond acceptors (Lipinski definition) is 4. The molecule has 0 radical (unpaired) electrons. The zero-order valence-electron chi connectivity index (χ0n) is 12.6. The number of nitrogens with one attached hydrogen (secondary N) is 1. The third kappa shape index (κ3) is 3.94. The van der Waals surface area contributed by atoms with Gasteiger partial charge in [-0.05, 0) is 36.4 Å². The number of benzene rings is 2. The highest BCUT2D eigenvalue weighted by molar-refractivity contribution is 6.30. The topological polar surface area (TPSA) is 64.6 Å². The molecule has 122 valence electrons. The van der Waals surface area contributed by atoms with E-state index in [1.165, 1.54) is 0 Å². The zero-order chi connectivity index (χ0) is 16.9. The van der Waals surface area contributed by atoms with E-state index >= 15 is 0 Å². The van der Waals surface area contributed by atoms with Crippen molar-refractivity contribution in [2.75, 3.05) is 18.5 Å². The molecule has 5 nitrogen and oxygen atoms in total. The normalized spacial score (nSPS) is 12.5. The molecular formula is C18H14ClNO4. The van der Waals surface area contributed by atoms with Crippen molar-refractivity contribution in [3.63, 3.8) is 0 Å². The second-order valence-electron chi connectivity index (χ2n) is 5.13. The van der Waals surface area contributed by atoms with Crippen molar-refractivity contribution in [1.82, 2.24) is 0 Å². The molecule has 2 aromatic carbocycles. The van der Waals surface area contributed by atoms with Crippen molar-refractivity contribution < 1.29 is 19.1 Å². The lowest BCUT2D eigenvalue weighted by atomic mass is 10.1. The van der Waals surface area contributed by atoms with Crippen LogP contribution in [0.4, 0.5) is 5.69 Å². The van der Waals surface area contributed by atoms with Crippen LogP contribution in [0.15, 0.2) is 54.1 Å². The zero-order valence-corrected chi connectivity index (χ0v) is 13.4. The van der Waals surface area contributed by atoms with Crippen molar-refractivity contribution >= 4 is 35.2 Å². The minimum atomic E-state index is -0.573. The van der Waals surface area contributed by atoms with Crippen LogP contribution in [-0.4, -0.2) is 25.1 Å². The molecule has 0 fully saturated rings. The molecule has 1 N–H and O–H groups in total. The molecule has 3 rings (SSSR count). The second-order valence-corrected chi connectivity index (χ2v) is 5.56. The first-order valence-electron chi connectivity index (χ1n) is 7.27. The summed E-state index contributed by atoms with van der Waals surface area (Å²) < 4.78 is 10.5. The van der Waals surface area contributed by atoms with Crippen molar-refractivity contribution in [2.45, 2.75) is 0 Å². The number of para-hydroxylation sites is 1. The molecule has 1 amide bonds.